The second kappa shape index (κ2) is 5.02. The lowest BCUT2D eigenvalue weighted by molar-refractivity contribution is 0.0651. The van der Waals surface area contributed by atoms with Gasteiger partial charge >= 0.3 is 0 Å². The van der Waals surface area contributed by atoms with E-state index in [4.69, 9.17) is 16.7 Å². The van der Waals surface area contributed by atoms with Crippen molar-refractivity contribution < 1.29 is 13.2 Å². The van der Waals surface area contributed by atoms with E-state index in [9.17, 15) is 13.2 Å². The number of carbonyl (C=O) groups is 1. The van der Waals surface area contributed by atoms with E-state index < -0.39 is 10.0 Å². The minimum absolute atomic E-state index is 0.148. The van der Waals surface area contributed by atoms with Gasteiger partial charge in [0.2, 0.25) is 10.0 Å². The van der Waals surface area contributed by atoms with Gasteiger partial charge in [0.1, 0.15) is 0 Å². The summed E-state index contributed by atoms with van der Waals surface area (Å²) in [6.45, 7) is 4.63. The summed E-state index contributed by atoms with van der Waals surface area (Å²) >= 11 is 5.89. The smallest absolute Gasteiger partial charge is 0.254 e. The van der Waals surface area contributed by atoms with Crippen LogP contribution in [0.25, 0.3) is 0 Å². The minimum Gasteiger partial charge on any atom is -0.334 e. The molecule has 1 fully saturated rings. The van der Waals surface area contributed by atoms with Crippen LogP contribution in [0.4, 0.5) is 0 Å². The van der Waals surface area contributed by atoms with E-state index in [0.29, 0.717) is 6.54 Å². The first kappa shape index (κ1) is 15.3. The first-order chi connectivity index (χ1) is 9.11. The highest BCUT2D eigenvalue weighted by Gasteiger charge is 2.36. The molecule has 1 aromatic rings. The lowest BCUT2D eigenvalue weighted by Crippen LogP contribution is -2.42. The summed E-state index contributed by atoms with van der Waals surface area (Å²) in [6, 6.07) is 3.98. The molecule has 20 heavy (non-hydrogen) atoms. The summed E-state index contributed by atoms with van der Waals surface area (Å²) in [5.74, 6) is -0.222. The highest BCUT2D eigenvalue weighted by atomic mass is 35.5. The van der Waals surface area contributed by atoms with Crippen LogP contribution in [0.15, 0.2) is 23.1 Å². The topological polar surface area (TPSA) is 80.5 Å². The highest BCUT2D eigenvalue weighted by Crippen LogP contribution is 2.30. The zero-order valence-corrected chi connectivity index (χ0v) is 13.0. The first-order valence-corrected chi connectivity index (χ1v) is 8.19. The quantitative estimate of drug-likeness (QED) is 0.906. The Morgan fingerprint density at radius 3 is 2.50 bits per heavy atom. The molecule has 5 nitrogen and oxygen atoms in total. The van der Waals surface area contributed by atoms with E-state index in [0.717, 1.165) is 12.8 Å². The number of likely N-dealkylation sites (tertiary alicyclic amines) is 1. The van der Waals surface area contributed by atoms with Crippen LogP contribution in [0.2, 0.25) is 5.02 Å². The molecular formula is C13H17ClN2O3S. The maximum Gasteiger partial charge on any atom is 0.254 e. The molecule has 0 radical (unpaired) electrons. The molecule has 1 aromatic carbocycles. The fourth-order valence-electron chi connectivity index (χ4n) is 2.49. The van der Waals surface area contributed by atoms with Gasteiger partial charge in [-0.15, -0.1) is 0 Å². The molecule has 1 saturated heterocycles. The van der Waals surface area contributed by atoms with Crippen LogP contribution in [-0.2, 0) is 10.0 Å². The molecular weight excluding hydrogens is 300 g/mol. The van der Waals surface area contributed by atoms with E-state index >= 15 is 0 Å². The van der Waals surface area contributed by atoms with Gasteiger partial charge in [0, 0.05) is 22.7 Å². The molecule has 0 spiro atoms. The normalized spacial score (nSPS) is 18.3. The Morgan fingerprint density at radius 1 is 1.35 bits per heavy atom. The number of nitrogens with zero attached hydrogens (tertiary/aromatic N) is 1. The third-order valence-corrected chi connectivity index (χ3v) is 4.70. The molecule has 0 bridgehead atoms. The van der Waals surface area contributed by atoms with Gasteiger partial charge in [0.15, 0.2) is 0 Å². The molecule has 110 valence electrons. The molecule has 0 unspecified atom stereocenters. The minimum atomic E-state index is -3.89. The van der Waals surface area contributed by atoms with Crippen LogP contribution in [-0.4, -0.2) is 31.3 Å². The third kappa shape index (κ3) is 2.97. The SMILES string of the molecule is CC1(C)CCCN1C(=O)c1cc(Cl)cc(S(N)(=O)=O)c1. The summed E-state index contributed by atoms with van der Waals surface area (Å²) in [4.78, 5) is 14.1. The summed E-state index contributed by atoms with van der Waals surface area (Å²) in [6.07, 6.45) is 1.85. The fourth-order valence-corrected chi connectivity index (χ4v) is 3.37. The number of benzene rings is 1. The molecule has 7 heteroatoms. The van der Waals surface area contributed by atoms with Crippen molar-refractivity contribution >= 4 is 27.5 Å². The van der Waals surface area contributed by atoms with Crippen molar-refractivity contribution in [2.75, 3.05) is 6.54 Å². The van der Waals surface area contributed by atoms with Gasteiger partial charge < -0.3 is 4.90 Å². The van der Waals surface area contributed by atoms with Crippen LogP contribution in [0.1, 0.15) is 37.0 Å². The zero-order chi connectivity index (χ0) is 15.1. The number of primary sulfonamides is 1. The van der Waals surface area contributed by atoms with Gasteiger partial charge in [-0.25, -0.2) is 13.6 Å². The maximum absolute atomic E-state index is 12.5. The molecule has 1 amide bonds. The number of hydrogen-bond donors (Lipinski definition) is 1. The van der Waals surface area contributed by atoms with Crippen molar-refractivity contribution in [3.63, 3.8) is 0 Å². The van der Waals surface area contributed by atoms with Crippen LogP contribution in [0.5, 0.6) is 0 Å². The van der Waals surface area contributed by atoms with Crippen molar-refractivity contribution in [2.24, 2.45) is 5.14 Å². The molecule has 0 atom stereocenters. The monoisotopic (exact) mass is 316 g/mol. The van der Waals surface area contributed by atoms with Crippen molar-refractivity contribution in [1.82, 2.24) is 4.90 Å². The maximum atomic E-state index is 12.5. The van der Waals surface area contributed by atoms with Crippen molar-refractivity contribution in [2.45, 2.75) is 37.1 Å². The number of amides is 1. The first-order valence-electron chi connectivity index (χ1n) is 6.27. The Labute approximate surface area is 123 Å². The summed E-state index contributed by atoms with van der Waals surface area (Å²) < 4.78 is 22.8. The molecule has 2 rings (SSSR count). The zero-order valence-electron chi connectivity index (χ0n) is 11.4. The van der Waals surface area contributed by atoms with Gasteiger partial charge in [-0.3, -0.25) is 4.79 Å². The number of nitrogens with two attached hydrogens (primary N) is 1. The molecule has 1 aliphatic rings. The molecule has 1 heterocycles. The predicted molar refractivity (Wildman–Crippen MR) is 77.2 cm³/mol. The second-order valence-electron chi connectivity index (χ2n) is 5.59. The third-order valence-electron chi connectivity index (χ3n) is 3.59. The van der Waals surface area contributed by atoms with Crippen molar-refractivity contribution in [3.05, 3.63) is 28.8 Å². The Bertz CT molecular complexity index is 656. The van der Waals surface area contributed by atoms with Crippen LogP contribution in [0, 0.1) is 0 Å². The van der Waals surface area contributed by atoms with Crippen LogP contribution < -0.4 is 5.14 Å². The van der Waals surface area contributed by atoms with Gasteiger partial charge in [-0.05, 0) is 44.9 Å². The average Bonchev–Trinajstić information content (AvgIpc) is 2.66. The predicted octanol–water partition coefficient (Wildman–Crippen LogP) is 2.00. The number of sulfonamides is 1. The van der Waals surface area contributed by atoms with E-state index in [1.165, 1.54) is 18.2 Å². The molecule has 0 aromatic heterocycles. The Hall–Kier alpha value is -1.11. The largest absolute Gasteiger partial charge is 0.334 e. The number of carbonyl (C=O) groups excluding carboxylic acids is 1. The lowest BCUT2D eigenvalue weighted by Gasteiger charge is -2.31. The highest BCUT2D eigenvalue weighted by molar-refractivity contribution is 7.89. The Morgan fingerprint density at radius 2 is 2.00 bits per heavy atom. The van der Waals surface area contributed by atoms with Gasteiger partial charge in [0.05, 0.1) is 4.90 Å². The molecule has 0 saturated carbocycles. The van der Waals surface area contributed by atoms with E-state index in [1.54, 1.807) is 4.90 Å². The second-order valence-corrected chi connectivity index (χ2v) is 7.59. The van der Waals surface area contributed by atoms with Gasteiger partial charge in [-0.1, -0.05) is 11.6 Å². The lowest BCUT2D eigenvalue weighted by atomic mass is 10.0. The van der Waals surface area contributed by atoms with E-state index in [-0.39, 0.29) is 26.9 Å². The number of rotatable bonds is 2. The van der Waals surface area contributed by atoms with Crippen molar-refractivity contribution in [1.29, 1.82) is 0 Å². The van der Waals surface area contributed by atoms with Crippen LogP contribution in [0.3, 0.4) is 0 Å². The fraction of sp³-hybridized carbons (Fsp3) is 0.462. The Kier molecular flexibility index (Phi) is 3.83. The summed E-state index contributed by atoms with van der Waals surface area (Å²) in [5, 5.41) is 5.27. The van der Waals surface area contributed by atoms with E-state index in [1.807, 2.05) is 13.8 Å². The molecule has 0 aliphatic carbocycles. The van der Waals surface area contributed by atoms with Gasteiger partial charge in [-0.2, -0.15) is 0 Å². The van der Waals surface area contributed by atoms with Crippen LogP contribution >= 0.6 is 11.6 Å². The number of hydrogen-bond acceptors (Lipinski definition) is 3. The van der Waals surface area contributed by atoms with Gasteiger partial charge in [0.25, 0.3) is 5.91 Å². The molecule has 1 aliphatic heterocycles. The van der Waals surface area contributed by atoms with Crippen molar-refractivity contribution in [3.8, 4) is 0 Å². The summed E-state index contributed by atoms with van der Waals surface area (Å²) in [7, 11) is -3.89. The molecule has 2 N–H and O–H groups in total. The standard InChI is InChI=1S/C13H17ClN2O3S/c1-13(2)4-3-5-16(13)12(17)9-6-10(14)8-11(7-9)20(15,18)19/h6-8H,3-5H2,1-2H3,(H2,15,18,19). The number of halogens is 1. The Balaban J connectivity index is 2.43. The summed E-state index contributed by atoms with van der Waals surface area (Å²) in [5.41, 5.74) is 0.0118. The average molecular weight is 317 g/mol. The van der Waals surface area contributed by atoms with E-state index in [2.05, 4.69) is 0 Å².